The number of nitrogens with two attached hydrogens (primary N) is 1. The number of pyridine rings is 2. The van der Waals surface area contributed by atoms with Gasteiger partial charge in [-0.3, -0.25) is 9.78 Å². The van der Waals surface area contributed by atoms with Gasteiger partial charge in [-0.15, -0.1) is 0 Å². The van der Waals surface area contributed by atoms with Gasteiger partial charge in [-0.05, 0) is 24.3 Å². The molecule has 0 aliphatic rings. The second-order valence-corrected chi connectivity index (χ2v) is 4.38. The highest BCUT2D eigenvalue weighted by Gasteiger charge is 2.10. The molecule has 6 heteroatoms. The van der Waals surface area contributed by atoms with E-state index in [-0.39, 0.29) is 17.8 Å². The second kappa shape index (κ2) is 4.73. The summed E-state index contributed by atoms with van der Waals surface area (Å²) in [5, 5.41) is 0.974. The summed E-state index contributed by atoms with van der Waals surface area (Å²) in [5.41, 5.74) is 6.13. The number of amides is 1. The summed E-state index contributed by atoms with van der Waals surface area (Å²) in [4.78, 5) is 19.2. The van der Waals surface area contributed by atoms with E-state index in [0.29, 0.717) is 0 Å². The van der Waals surface area contributed by atoms with Crippen LogP contribution in [0.5, 0.6) is 0 Å². The SMILES string of the molecule is NC(=O)c1cnc(Cn2ccc3cccnc32)c(F)c1. The molecule has 0 bridgehead atoms. The fourth-order valence-corrected chi connectivity index (χ4v) is 2.03. The van der Waals surface area contributed by atoms with E-state index < -0.39 is 11.7 Å². The molecule has 0 aliphatic carbocycles. The molecule has 2 N–H and O–H groups in total. The van der Waals surface area contributed by atoms with Crippen LogP contribution in [0.1, 0.15) is 16.1 Å². The van der Waals surface area contributed by atoms with Gasteiger partial charge in [0.25, 0.3) is 0 Å². The molecule has 0 atom stereocenters. The second-order valence-electron chi connectivity index (χ2n) is 4.38. The monoisotopic (exact) mass is 270 g/mol. The highest BCUT2D eigenvalue weighted by molar-refractivity contribution is 5.92. The molecule has 3 rings (SSSR count). The van der Waals surface area contributed by atoms with Gasteiger partial charge in [0.05, 0.1) is 17.8 Å². The van der Waals surface area contributed by atoms with E-state index in [1.807, 2.05) is 24.4 Å². The molecule has 0 radical (unpaired) electrons. The quantitative estimate of drug-likeness (QED) is 0.787. The van der Waals surface area contributed by atoms with Crippen LogP contribution in [0.3, 0.4) is 0 Å². The zero-order chi connectivity index (χ0) is 14.1. The average molecular weight is 270 g/mol. The van der Waals surface area contributed by atoms with E-state index in [2.05, 4.69) is 9.97 Å². The minimum atomic E-state index is -0.698. The van der Waals surface area contributed by atoms with Crippen LogP contribution in [0, 0.1) is 5.82 Å². The van der Waals surface area contributed by atoms with Crippen molar-refractivity contribution in [1.29, 1.82) is 0 Å². The Morgan fingerprint density at radius 2 is 2.20 bits per heavy atom. The first-order valence-corrected chi connectivity index (χ1v) is 5.99. The fraction of sp³-hybridized carbons (Fsp3) is 0.0714. The maximum absolute atomic E-state index is 13.9. The lowest BCUT2D eigenvalue weighted by Crippen LogP contribution is -2.13. The van der Waals surface area contributed by atoms with Crippen LogP contribution in [-0.4, -0.2) is 20.4 Å². The van der Waals surface area contributed by atoms with Crippen LogP contribution in [0.15, 0.2) is 42.9 Å². The predicted octanol–water partition coefficient (Wildman–Crippen LogP) is 1.72. The maximum Gasteiger partial charge on any atom is 0.250 e. The van der Waals surface area contributed by atoms with Gasteiger partial charge in [-0.2, -0.15) is 0 Å². The normalized spacial score (nSPS) is 10.8. The summed E-state index contributed by atoms with van der Waals surface area (Å²) < 4.78 is 15.7. The van der Waals surface area contributed by atoms with Crippen LogP contribution in [-0.2, 0) is 6.54 Å². The number of fused-ring (bicyclic) bond motifs is 1. The molecule has 0 saturated carbocycles. The number of hydrogen-bond acceptors (Lipinski definition) is 3. The fourth-order valence-electron chi connectivity index (χ4n) is 2.03. The Balaban J connectivity index is 1.97. The highest BCUT2D eigenvalue weighted by atomic mass is 19.1. The summed E-state index contributed by atoms with van der Waals surface area (Å²) in [5.74, 6) is -1.25. The summed E-state index contributed by atoms with van der Waals surface area (Å²) >= 11 is 0. The molecule has 0 spiro atoms. The Morgan fingerprint density at radius 1 is 1.35 bits per heavy atom. The topological polar surface area (TPSA) is 73.8 Å². The summed E-state index contributed by atoms with van der Waals surface area (Å²) in [6, 6.07) is 6.77. The molecule has 3 heterocycles. The third kappa shape index (κ3) is 2.11. The zero-order valence-corrected chi connectivity index (χ0v) is 10.5. The van der Waals surface area contributed by atoms with Crippen LogP contribution in [0.4, 0.5) is 4.39 Å². The standard InChI is InChI=1S/C14H11FN4O/c15-11-6-10(13(16)20)7-18-12(11)8-19-5-3-9-2-1-4-17-14(9)19/h1-7H,8H2,(H2,16,20). The molecule has 3 aromatic rings. The number of halogens is 1. The van der Waals surface area contributed by atoms with E-state index in [9.17, 15) is 9.18 Å². The van der Waals surface area contributed by atoms with Crippen LogP contribution in [0.2, 0.25) is 0 Å². The molecule has 0 aliphatic heterocycles. The first-order valence-electron chi connectivity index (χ1n) is 5.99. The number of carbonyl (C=O) groups excluding carboxylic acids is 1. The number of rotatable bonds is 3. The van der Waals surface area contributed by atoms with Gasteiger partial charge in [-0.1, -0.05) is 0 Å². The molecule has 0 fully saturated rings. The van der Waals surface area contributed by atoms with Gasteiger partial charge in [-0.25, -0.2) is 9.37 Å². The average Bonchev–Trinajstić information content (AvgIpc) is 2.84. The van der Waals surface area contributed by atoms with Gasteiger partial charge >= 0.3 is 0 Å². The van der Waals surface area contributed by atoms with E-state index >= 15 is 0 Å². The first kappa shape index (κ1) is 12.3. The Morgan fingerprint density at radius 3 is 2.95 bits per heavy atom. The van der Waals surface area contributed by atoms with Gasteiger partial charge < -0.3 is 10.3 Å². The van der Waals surface area contributed by atoms with Crippen LogP contribution in [0.25, 0.3) is 11.0 Å². The zero-order valence-electron chi connectivity index (χ0n) is 10.5. The van der Waals surface area contributed by atoms with E-state index in [1.165, 1.54) is 6.20 Å². The molecule has 5 nitrogen and oxygen atoms in total. The van der Waals surface area contributed by atoms with Crippen molar-refractivity contribution in [3.63, 3.8) is 0 Å². The molecule has 100 valence electrons. The van der Waals surface area contributed by atoms with Crippen molar-refractivity contribution in [2.45, 2.75) is 6.54 Å². The van der Waals surface area contributed by atoms with Gasteiger partial charge in [0.2, 0.25) is 5.91 Å². The third-order valence-corrected chi connectivity index (χ3v) is 3.04. The third-order valence-electron chi connectivity index (χ3n) is 3.04. The largest absolute Gasteiger partial charge is 0.366 e. The summed E-state index contributed by atoms with van der Waals surface area (Å²) in [7, 11) is 0. The Bertz CT molecular complexity index is 797. The Kier molecular flexibility index (Phi) is 2.90. The van der Waals surface area contributed by atoms with Crippen molar-refractivity contribution >= 4 is 16.9 Å². The molecule has 0 unspecified atom stereocenters. The summed E-state index contributed by atoms with van der Waals surface area (Å²) in [6.07, 6.45) is 4.78. The van der Waals surface area contributed by atoms with E-state index in [1.54, 1.807) is 10.8 Å². The van der Waals surface area contributed by atoms with E-state index in [0.717, 1.165) is 17.1 Å². The minimum Gasteiger partial charge on any atom is -0.366 e. The molecule has 3 aromatic heterocycles. The van der Waals surface area contributed by atoms with Crippen LogP contribution < -0.4 is 5.73 Å². The van der Waals surface area contributed by atoms with E-state index in [4.69, 9.17) is 5.73 Å². The van der Waals surface area contributed by atoms with Gasteiger partial charge in [0.1, 0.15) is 11.5 Å². The molecular formula is C14H11FN4O. The number of carbonyl (C=O) groups is 1. The number of nitrogens with zero attached hydrogens (tertiary/aromatic N) is 3. The predicted molar refractivity (Wildman–Crippen MR) is 71.5 cm³/mol. The summed E-state index contributed by atoms with van der Waals surface area (Å²) in [6.45, 7) is 0.241. The van der Waals surface area contributed by atoms with Crippen molar-refractivity contribution in [2.75, 3.05) is 0 Å². The smallest absolute Gasteiger partial charge is 0.250 e. The number of hydrogen-bond donors (Lipinski definition) is 1. The van der Waals surface area contributed by atoms with Gasteiger partial charge in [0.15, 0.2) is 0 Å². The lowest BCUT2D eigenvalue weighted by molar-refractivity contribution is 0.0999. The lowest BCUT2D eigenvalue weighted by Gasteiger charge is -2.06. The van der Waals surface area contributed by atoms with Gasteiger partial charge in [0, 0.05) is 24.0 Å². The lowest BCUT2D eigenvalue weighted by atomic mass is 10.2. The molecule has 1 amide bonds. The molecule has 20 heavy (non-hydrogen) atoms. The first-order chi connectivity index (χ1) is 9.65. The Hall–Kier alpha value is -2.76. The van der Waals surface area contributed by atoms with Crippen molar-refractivity contribution in [1.82, 2.24) is 14.5 Å². The highest BCUT2D eigenvalue weighted by Crippen LogP contribution is 2.15. The minimum absolute atomic E-state index is 0.0572. The molecule has 0 saturated heterocycles. The van der Waals surface area contributed by atoms with Crippen molar-refractivity contribution < 1.29 is 9.18 Å². The van der Waals surface area contributed by atoms with Crippen LogP contribution >= 0.6 is 0 Å². The number of primary amides is 1. The maximum atomic E-state index is 13.9. The van der Waals surface area contributed by atoms with Crippen molar-refractivity contribution in [3.05, 3.63) is 59.9 Å². The van der Waals surface area contributed by atoms with Crippen molar-refractivity contribution in [2.24, 2.45) is 5.73 Å². The number of aromatic nitrogens is 3. The van der Waals surface area contributed by atoms with Crippen molar-refractivity contribution in [3.8, 4) is 0 Å². The Labute approximate surface area is 113 Å². The molecule has 0 aromatic carbocycles. The molecular weight excluding hydrogens is 259 g/mol.